The van der Waals surface area contributed by atoms with E-state index in [9.17, 15) is 36.6 Å². The fourth-order valence-corrected chi connectivity index (χ4v) is 8.12. The van der Waals surface area contributed by atoms with E-state index < -0.39 is 37.0 Å². The lowest BCUT2D eigenvalue weighted by atomic mass is 9.93. The number of fused-ring (bicyclic) bond motifs is 2. The molecule has 60 heavy (non-hydrogen) atoms. The topological polar surface area (TPSA) is 95.9 Å². The number of aryl methyl sites for hydroxylation is 2. The van der Waals surface area contributed by atoms with Gasteiger partial charge in [-0.05, 0) is 124 Å². The minimum absolute atomic E-state index is 0.0899. The number of hydrogen-bond donors (Lipinski definition) is 1. The van der Waals surface area contributed by atoms with Gasteiger partial charge in [-0.15, -0.1) is 0 Å². The summed E-state index contributed by atoms with van der Waals surface area (Å²) in [6.07, 6.45) is 1.26. The van der Waals surface area contributed by atoms with Crippen LogP contribution in [0.2, 0.25) is 0 Å². The van der Waals surface area contributed by atoms with Crippen molar-refractivity contribution in [3.05, 3.63) is 119 Å². The number of carboxylic acid groups (broad SMARTS) is 1. The number of ether oxygens (including phenoxy) is 1. The number of halogens is 5. The van der Waals surface area contributed by atoms with E-state index >= 15 is 0 Å². The third-order valence-electron chi connectivity index (χ3n) is 11.0. The molecule has 2 aliphatic rings. The van der Waals surface area contributed by atoms with Gasteiger partial charge in [0, 0.05) is 59.5 Å². The molecule has 1 N–H and O–H groups in total. The Labute approximate surface area is 344 Å². The number of carbonyl (C=O) groups is 2. The second-order valence-electron chi connectivity index (χ2n) is 15.2. The summed E-state index contributed by atoms with van der Waals surface area (Å²) >= 11 is 0. The van der Waals surface area contributed by atoms with Gasteiger partial charge in [0.25, 0.3) is 0 Å². The average molecular weight is 825 g/mol. The highest BCUT2D eigenvalue weighted by Gasteiger charge is 2.29. The Bertz CT molecular complexity index is 2510. The van der Waals surface area contributed by atoms with Crippen molar-refractivity contribution in [2.45, 2.75) is 65.0 Å². The van der Waals surface area contributed by atoms with E-state index in [1.54, 1.807) is 38.1 Å². The van der Waals surface area contributed by atoms with Gasteiger partial charge in [0.15, 0.2) is 0 Å². The van der Waals surface area contributed by atoms with E-state index in [0.29, 0.717) is 44.5 Å². The number of anilines is 2. The number of aromatic nitrogens is 2. The van der Waals surface area contributed by atoms with Crippen LogP contribution in [-0.2, 0) is 4.74 Å². The Hall–Kier alpha value is -6.11. The summed E-state index contributed by atoms with van der Waals surface area (Å²) in [6, 6.07) is 23.5. The van der Waals surface area contributed by atoms with Crippen molar-refractivity contribution >= 4 is 45.1 Å². The molecule has 4 heterocycles. The molecule has 2 saturated heterocycles. The molecule has 0 atom stereocenters. The molecule has 312 valence electrons. The van der Waals surface area contributed by atoms with Crippen molar-refractivity contribution < 1.29 is 41.4 Å². The number of nitrogens with zero attached hydrogens (tertiary/aromatic N) is 4. The second kappa shape index (κ2) is 18.0. The van der Waals surface area contributed by atoms with E-state index in [2.05, 4.69) is 25.8 Å². The molecule has 2 aromatic heterocycles. The first kappa shape index (κ1) is 42.0. The number of piperidine rings is 2. The van der Waals surface area contributed by atoms with E-state index in [4.69, 9.17) is 4.74 Å². The van der Waals surface area contributed by atoms with Crippen LogP contribution in [-0.4, -0.2) is 66.0 Å². The lowest BCUT2D eigenvalue weighted by molar-refractivity contribution is -0.141. The van der Waals surface area contributed by atoms with Gasteiger partial charge in [-0.3, -0.25) is 9.97 Å². The fourth-order valence-electron chi connectivity index (χ4n) is 8.12. The van der Waals surface area contributed by atoms with Crippen molar-refractivity contribution in [1.82, 2.24) is 9.97 Å². The monoisotopic (exact) mass is 824 g/mol. The molecular formula is C47H45F5N4O4. The normalized spacial score (nSPS) is 14.5. The zero-order valence-electron chi connectivity index (χ0n) is 33.4. The van der Waals surface area contributed by atoms with Gasteiger partial charge in [0.05, 0.1) is 40.0 Å². The molecule has 2 fully saturated rings. The van der Waals surface area contributed by atoms with Crippen LogP contribution in [0.15, 0.2) is 84.9 Å². The molecule has 0 spiro atoms. The number of esters is 1. The maximum absolute atomic E-state index is 13.6. The first-order chi connectivity index (χ1) is 28.8. The maximum Gasteiger partial charge on any atom is 0.392 e. The Morgan fingerprint density at radius 2 is 1.05 bits per heavy atom. The number of carbonyl (C=O) groups excluding carboxylic acids is 1. The first-order valence-electron chi connectivity index (χ1n) is 20.1. The van der Waals surface area contributed by atoms with Crippen molar-refractivity contribution in [3.63, 3.8) is 0 Å². The minimum Gasteiger partial charge on any atom is -0.478 e. The molecule has 8 rings (SSSR count). The molecule has 4 aromatic carbocycles. The zero-order chi connectivity index (χ0) is 42.6. The number of benzene rings is 4. The Morgan fingerprint density at radius 3 is 1.47 bits per heavy atom. The number of hydrogen-bond acceptors (Lipinski definition) is 7. The molecular weight excluding hydrogens is 780 g/mol. The molecule has 6 aromatic rings. The molecule has 0 radical (unpaired) electrons. The molecule has 8 nitrogen and oxygen atoms in total. The summed E-state index contributed by atoms with van der Waals surface area (Å²) in [7, 11) is 0. The minimum atomic E-state index is -4.43. The fraction of sp³-hybridized carbons (Fsp3) is 0.319. The van der Waals surface area contributed by atoms with Crippen molar-refractivity contribution in [1.29, 1.82) is 0 Å². The standard InChI is InChI=1S/C25H24F4N2O2.C22H21FN2O2/c1-16-22(24(32)33-14-11-25(27,28)29)23(17-5-7-18(26)8-6-17)20-15-19(9-10-21(20)30-16)31-12-3-2-4-13-31;1-14-20(22(26)27)21(15-5-7-16(23)8-6-15)18-13-17(9-10-19(18)24-14)25-11-3-2-4-12-25/h5-10,15H,2-4,11-14H2,1H3;5-10,13H,2-4,11-12H2,1H3,(H,26,27). The van der Waals surface area contributed by atoms with E-state index in [0.717, 1.165) is 74.1 Å². The van der Waals surface area contributed by atoms with Crippen LogP contribution in [0.1, 0.15) is 77.0 Å². The molecule has 2 aliphatic heterocycles. The average Bonchev–Trinajstić information content (AvgIpc) is 3.23. The largest absolute Gasteiger partial charge is 0.478 e. The summed E-state index contributed by atoms with van der Waals surface area (Å²) in [5.74, 6) is -2.68. The summed E-state index contributed by atoms with van der Waals surface area (Å²) in [4.78, 5) is 38.6. The Kier molecular flexibility index (Phi) is 12.6. The first-order valence-corrected chi connectivity index (χ1v) is 20.1. The summed E-state index contributed by atoms with van der Waals surface area (Å²) in [5.41, 5.74) is 6.82. The maximum atomic E-state index is 13.6. The molecule has 0 unspecified atom stereocenters. The van der Waals surface area contributed by atoms with Gasteiger partial charge in [0.1, 0.15) is 18.2 Å². The second-order valence-corrected chi connectivity index (χ2v) is 15.2. The molecule has 0 aliphatic carbocycles. The number of alkyl halides is 3. The highest BCUT2D eigenvalue weighted by molar-refractivity contribution is 6.09. The predicted octanol–water partition coefficient (Wildman–Crippen LogP) is 11.5. The zero-order valence-corrected chi connectivity index (χ0v) is 33.4. The van der Waals surface area contributed by atoms with Gasteiger partial charge in [-0.2, -0.15) is 13.2 Å². The van der Waals surface area contributed by atoms with Crippen molar-refractivity contribution in [2.75, 3.05) is 42.6 Å². The van der Waals surface area contributed by atoms with Gasteiger partial charge < -0.3 is 19.6 Å². The lowest BCUT2D eigenvalue weighted by Crippen LogP contribution is -2.29. The van der Waals surface area contributed by atoms with Crippen LogP contribution in [0.3, 0.4) is 0 Å². The predicted molar refractivity (Wildman–Crippen MR) is 224 cm³/mol. The summed E-state index contributed by atoms with van der Waals surface area (Å²) in [6.45, 7) is 6.38. The molecule has 0 saturated carbocycles. The highest BCUT2D eigenvalue weighted by atomic mass is 19.4. The number of rotatable bonds is 8. The third kappa shape index (κ3) is 9.51. The van der Waals surface area contributed by atoms with Crippen LogP contribution in [0.25, 0.3) is 44.1 Å². The van der Waals surface area contributed by atoms with Crippen LogP contribution in [0.5, 0.6) is 0 Å². The molecule has 0 amide bonds. The SMILES string of the molecule is Cc1nc2ccc(N3CCCCC3)cc2c(-c2ccc(F)cc2)c1C(=O)O.Cc1nc2ccc(N3CCCCC3)cc2c(-c2ccc(F)cc2)c1C(=O)OCCC(F)(F)F. The van der Waals surface area contributed by atoms with E-state index in [1.807, 2.05) is 30.3 Å². The van der Waals surface area contributed by atoms with Crippen LogP contribution < -0.4 is 9.80 Å². The molecule has 13 heteroatoms. The smallest absolute Gasteiger partial charge is 0.392 e. The quantitative estimate of drug-likeness (QED) is 0.120. The third-order valence-corrected chi connectivity index (χ3v) is 11.0. The summed E-state index contributed by atoms with van der Waals surface area (Å²) < 4.78 is 69.7. The molecule has 0 bridgehead atoms. The van der Waals surface area contributed by atoms with Gasteiger partial charge in [-0.25, -0.2) is 18.4 Å². The van der Waals surface area contributed by atoms with E-state index in [-0.39, 0.29) is 16.9 Å². The van der Waals surface area contributed by atoms with Crippen molar-refractivity contribution in [2.24, 2.45) is 0 Å². The number of aromatic carboxylic acids is 1. The van der Waals surface area contributed by atoms with Crippen LogP contribution >= 0.6 is 0 Å². The van der Waals surface area contributed by atoms with Crippen molar-refractivity contribution in [3.8, 4) is 22.3 Å². The number of carboxylic acids is 1. The van der Waals surface area contributed by atoms with Gasteiger partial charge in [-0.1, -0.05) is 24.3 Å². The summed E-state index contributed by atoms with van der Waals surface area (Å²) in [5, 5.41) is 11.3. The Balaban J connectivity index is 0.000000185. The van der Waals surface area contributed by atoms with Crippen LogP contribution in [0.4, 0.5) is 33.3 Å². The van der Waals surface area contributed by atoms with E-state index in [1.165, 1.54) is 37.1 Å². The Morgan fingerprint density at radius 1 is 0.633 bits per heavy atom. The van der Waals surface area contributed by atoms with Gasteiger partial charge in [0.2, 0.25) is 0 Å². The lowest BCUT2D eigenvalue weighted by Gasteiger charge is -2.29. The highest BCUT2D eigenvalue weighted by Crippen LogP contribution is 2.38. The number of pyridine rings is 2. The van der Waals surface area contributed by atoms with Crippen LogP contribution in [0, 0.1) is 25.5 Å². The van der Waals surface area contributed by atoms with Gasteiger partial charge >= 0.3 is 18.1 Å².